The second-order valence-corrected chi connectivity index (χ2v) is 3.04. The highest BCUT2D eigenvalue weighted by Crippen LogP contribution is 1.96. The van der Waals surface area contributed by atoms with Crippen LogP contribution in [-0.2, 0) is 11.3 Å². The second kappa shape index (κ2) is 6.26. The van der Waals surface area contributed by atoms with Crippen LogP contribution in [-0.4, -0.2) is 22.0 Å². The molecule has 16 heavy (non-hydrogen) atoms. The van der Waals surface area contributed by atoms with Gasteiger partial charge < -0.3 is 9.88 Å². The summed E-state index contributed by atoms with van der Waals surface area (Å²) in [6.45, 7) is 2.81. The van der Waals surface area contributed by atoms with Crippen molar-refractivity contribution in [2.45, 2.75) is 19.9 Å². The quantitative estimate of drug-likeness (QED) is 0.580. The maximum absolute atomic E-state index is 11.0. The number of hydrogen-bond acceptors (Lipinski definition) is 3. The van der Waals surface area contributed by atoms with Crippen LogP contribution in [0, 0.1) is 23.2 Å². The molecule has 0 saturated carbocycles. The van der Waals surface area contributed by atoms with Gasteiger partial charge in [0.15, 0.2) is 0 Å². The van der Waals surface area contributed by atoms with E-state index in [-0.39, 0.29) is 5.91 Å². The van der Waals surface area contributed by atoms with Gasteiger partial charge in [0.1, 0.15) is 6.07 Å². The molecule has 1 rings (SSSR count). The first-order valence-electron chi connectivity index (χ1n) is 4.89. The van der Waals surface area contributed by atoms with Gasteiger partial charge >= 0.3 is 0 Å². The van der Waals surface area contributed by atoms with Crippen molar-refractivity contribution < 1.29 is 4.79 Å². The van der Waals surface area contributed by atoms with Crippen molar-refractivity contribution in [3.63, 3.8) is 0 Å². The van der Waals surface area contributed by atoms with Crippen LogP contribution in [0.25, 0.3) is 0 Å². The van der Waals surface area contributed by atoms with Crippen molar-refractivity contribution in [3.05, 3.63) is 18.2 Å². The smallest absolute Gasteiger partial charge is 0.295 e. The molecule has 0 spiro atoms. The van der Waals surface area contributed by atoms with Gasteiger partial charge in [0.25, 0.3) is 5.91 Å². The van der Waals surface area contributed by atoms with Crippen LogP contribution in [0.1, 0.15) is 19.2 Å². The maximum atomic E-state index is 11.0. The topological polar surface area (TPSA) is 70.7 Å². The average Bonchev–Trinajstić information content (AvgIpc) is 2.72. The lowest BCUT2D eigenvalue weighted by molar-refractivity contribution is -0.115. The number of imidazole rings is 1. The molecule has 1 heterocycles. The van der Waals surface area contributed by atoms with E-state index in [1.807, 2.05) is 6.07 Å². The Labute approximate surface area is 94.1 Å². The predicted octanol–water partition coefficient (Wildman–Crippen LogP) is 0.284. The van der Waals surface area contributed by atoms with Gasteiger partial charge in [-0.2, -0.15) is 5.26 Å². The Kier molecular flexibility index (Phi) is 4.62. The molecule has 5 nitrogen and oxygen atoms in total. The molecule has 1 aromatic heterocycles. The number of carbonyl (C=O) groups excluding carboxylic acids is 1. The zero-order valence-corrected chi connectivity index (χ0v) is 9.03. The second-order valence-electron chi connectivity index (χ2n) is 3.04. The first kappa shape index (κ1) is 11.8. The predicted molar refractivity (Wildman–Crippen MR) is 58.0 cm³/mol. The van der Waals surface area contributed by atoms with Crippen LogP contribution in [0.3, 0.4) is 0 Å². The highest BCUT2D eigenvalue weighted by atomic mass is 16.1. The number of carbonyl (C=O) groups is 1. The van der Waals surface area contributed by atoms with E-state index in [1.165, 1.54) is 0 Å². The van der Waals surface area contributed by atoms with E-state index in [4.69, 9.17) is 5.26 Å². The molecule has 0 radical (unpaired) electrons. The fourth-order valence-corrected chi connectivity index (χ4v) is 1.21. The van der Waals surface area contributed by atoms with E-state index < -0.39 is 0 Å². The summed E-state index contributed by atoms with van der Waals surface area (Å²) in [5.74, 6) is 5.03. The Morgan fingerprint density at radius 3 is 3.19 bits per heavy atom. The summed E-state index contributed by atoms with van der Waals surface area (Å²) >= 11 is 0. The number of nitrogens with zero attached hydrogens (tertiary/aromatic N) is 3. The third kappa shape index (κ3) is 3.47. The van der Waals surface area contributed by atoms with E-state index in [2.05, 4.69) is 22.1 Å². The number of aryl methyl sites for hydroxylation is 1. The third-order valence-electron chi connectivity index (χ3n) is 1.92. The molecule has 1 amide bonds. The van der Waals surface area contributed by atoms with E-state index in [0.29, 0.717) is 18.9 Å². The van der Waals surface area contributed by atoms with Gasteiger partial charge in [0.05, 0.1) is 0 Å². The number of nitriles is 1. The number of aromatic nitrogens is 2. The molecule has 82 valence electrons. The molecule has 1 aromatic rings. The Morgan fingerprint density at radius 2 is 2.50 bits per heavy atom. The van der Waals surface area contributed by atoms with Crippen LogP contribution < -0.4 is 5.32 Å². The molecule has 1 N–H and O–H groups in total. The monoisotopic (exact) mass is 216 g/mol. The molecule has 0 aromatic carbocycles. The summed E-state index contributed by atoms with van der Waals surface area (Å²) in [6, 6.07) is 1.99. The van der Waals surface area contributed by atoms with Crippen LogP contribution >= 0.6 is 0 Å². The van der Waals surface area contributed by atoms with Crippen LogP contribution in [0.2, 0.25) is 0 Å². The lowest BCUT2D eigenvalue weighted by atomic mass is 10.4. The van der Waals surface area contributed by atoms with Gasteiger partial charge in [-0.1, -0.05) is 5.92 Å². The summed E-state index contributed by atoms with van der Waals surface area (Å²) in [7, 11) is 0. The van der Waals surface area contributed by atoms with Gasteiger partial charge in [0, 0.05) is 25.5 Å². The normalized spacial score (nSPS) is 8.75. The van der Waals surface area contributed by atoms with Crippen molar-refractivity contribution in [2.75, 3.05) is 6.54 Å². The third-order valence-corrected chi connectivity index (χ3v) is 1.92. The van der Waals surface area contributed by atoms with Crippen LogP contribution in [0.5, 0.6) is 0 Å². The molecule has 0 unspecified atom stereocenters. The molecular formula is C11H12N4O. The molecule has 0 bridgehead atoms. The molecule has 0 aliphatic rings. The van der Waals surface area contributed by atoms with Gasteiger partial charge in [0.2, 0.25) is 5.82 Å². The van der Waals surface area contributed by atoms with Gasteiger partial charge in [-0.25, -0.2) is 4.98 Å². The van der Waals surface area contributed by atoms with Crippen molar-refractivity contribution in [1.29, 1.82) is 5.26 Å². The number of amides is 1. The van der Waals surface area contributed by atoms with Crippen molar-refractivity contribution in [2.24, 2.45) is 0 Å². The van der Waals surface area contributed by atoms with Crippen molar-refractivity contribution in [3.8, 4) is 17.9 Å². The summed E-state index contributed by atoms with van der Waals surface area (Å²) in [5, 5.41) is 11.4. The minimum Gasteiger partial charge on any atom is -0.345 e. The van der Waals surface area contributed by atoms with Gasteiger partial charge in [-0.05, 0) is 19.3 Å². The zero-order chi connectivity index (χ0) is 11.8. The Morgan fingerprint density at radius 1 is 1.69 bits per heavy atom. The zero-order valence-electron chi connectivity index (χ0n) is 9.03. The number of rotatable bonds is 4. The SMILES string of the molecule is CC#CC(=O)NCCCn1ccnc1C#N. The Hall–Kier alpha value is -2.27. The minimum absolute atomic E-state index is 0.270. The Bertz CT molecular complexity index is 458. The lowest BCUT2D eigenvalue weighted by Crippen LogP contribution is -2.23. The fraction of sp³-hybridized carbons (Fsp3) is 0.364. The molecule has 5 heteroatoms. The average molecular weight is 216 g/mol. The molecule has 0 aliphatic carbocycles. The minimum atomic E-state index is -0.270. The largest absolute Gasteiger partial charge is 0.345 e. The Balaban J connectivity index is 2.28. The molecule has 0 saturated heterocycles. The van der Waals surface area contributed by atoms with Crippen molar-refractivity contribution in [1.82, 2.24) is 14.9 Å². The summed E-state index contributed by atoms with van der Waals surface area (Å²) in [5.41, 5.74) is 0. The van der Waals surface area contributed by atoms with Crippen LogP contribution in [0.4, 0.5) is 0 Å². The van der Waals surface area contributed by atoms with Crippen molar-refractivity contribution >= 4 is 5.91 Å². The number of hydrogen-bond donors (Lipinski definition) is 1. The molecule has 0 atom stereocenters. The summed E-state index contributed by atoms with van der Waals surface area (Å²) in [6.07, 6.45) is 4.06. The van der Waals surface area contributed by atoms with E-state index in [1.54, 1.807) is 23.9 Å². The summed E-state index contributed by atoms with van der Waals surface area (Å²) in [4.78, 5) is 14.8. The fourth-order valence-electron chi connectivity index (χ4n) is 1.21. The highest BCUT2D eigenvalue weighted by molar-refractivity contribution is 5.93. The maximum Gasteiger partial charge on any atom is 0.295 e. The number of nitrogens with one attached hydrogen (secondary N) is 1. The molecule has 0 fully saturated rings. The summed E-state index contributed by atoms with van der Waals surface area (Å²) < 4.78 is 1.75. The van der Waals surface area contributed by atoms with Crippen LogP contribution in [0.15, 0.2) is 12.4 Å². The molecule has 0 aliphatic heterocycles. The lowest BCUT2D eigenvalue weighted by Gasteiger charge is -2.03. The van der Waals surface area contributed by atoms with E-state index in [0.717, 1.165) is 6.42 Å². The molecular weight excluding hydrogens is 204 g/mol. The van der Waals surface area contributed by atoms with Gasteiger partial charge in [-0.3, -0.25) is 4.79 Å². The standard InChI is InChI=1S/C11H12N4O/c1-2-4-11(16)14-5-3-7-15-8-6-13-10(15)9-12/h6,8H,3,5,7H2,1H3,(H,14,16). The first-order valence-corrected chi connectivity index (χ1v) is 4.89. The first-order chi connectivity index (χ1) is 7.77. The van der Waals surface area contributed by atoms with Gasteiger partial charge in [-0.15, -0.1) is 0 Å². The van der Waals surface area contributed by atoms with E-state index >= 15 is 0 Å². The van der Waals surface area contributed by atoms with E-state index in [9.17, 15) is 4.79 Å². The highest BCUT2D eigenvalue weighted by Gasteiger charge is 2.00.